The van der Waals surface area contributed by atoms with Crippen molar-refractivity contribution in [1.82, 2.24) is 0 Å². The second kappa shape index (κ2) is 6.45. The zero-order valence-corrected chi connectivity index (χ0v) is 11.4. The zero-order chi connectivity index (χ0) is 12.8. The highest BCUT2D eigenvalue weighted by Crippen LogP contribution is 2.24. The molecule has 0 atom stereocenters. The first-order valence-electron chi connectivity index (χ1n) is 5.41. The van der Waals surface area contributed by atoms with Gasteiger partial charge in [-0.15, -0.1) is 6.58 Å². The normalized spacial score (nSPS) is 10.0. The van der Waals surface area contributed by atoms with E-state index in [2.05, 4.69) is 22.5 Å². The van der Waals surface area contributed by atoms with E-state index in [0.29, 0.717) is 5.56 Å². The predicted molar refractivity (Wildman–Crippen MR) is 73.8 cm³/mol. The van der Waals surface area contributed by atoms with E-state index in [1.807, 2.05) is 24.1 Å². The largest absolute Gasteiger partial charge is 0.478 e. The monoisotopic (exact) mass is 297 g/mol. The molecule has 0 amide bonds. The van der Waals surface area contributed by atoms with Crippen molar-refractivity contribution in [2.24, 2.45) is 0 Å². The molecular formula is C13H16BrNO2. The fourth-order valence-corrected chi connectivity index (χ4v) is 1.94. The fraction of sp³-hybridized carbons (Fsp3) is 0.308. The molecule has 92 valence electrons. The number of halogens is 1. The third kappa shape index (κ3) is 3.89. The average Bonchev–Trinajstić information content (AvgIpc) is 2.28. The minimum atomic E-state index is -0.900. The van der Waals surface area contributed by atoms with Crippen molar-refractivity contribution >= 4 is 27.6 Å². The maximum Gasteiger partial charge on any atom is 0.337 e. The molecule has 0 fully saturated rings. The summed E-state index contributed by atoms with van der Waals surface area (Å²) >= 11 is 3.36. The first-order chi connectivity index (χ1) is 8.06. The Kier molecular flexibility index (Phi) is 5.22. The minimum absolute atomic E-state index is 0.328. The molecule has 0 aromatic heterocycles. The Hall–Kier alpha value is -1.29. The van der Waals surface area contributed by atoms with Crippen LogP contribution >= 0.6 is 15.9 Å². The smallest absolute Gasteiger partial charge is 0.337 e. The molecule has 0 aliphatic rings. The molecule has 17 heavy (non-hydrogen) atoms. The van der Waals surface area contributed by atoms with Crippen LogP contribution in [0.25, 0.3) is 0 Å². The molecule has 0 heterocycles. The van der Waals surface area contributed by atoms with Crippen molar-refractivity contribution in [1.29, 1.82) is 0 Å². The van der Waals surface area contributed by atoms with Gasteiger partial charge in [-0.05, 0) is 31.0 Å². The van der Waals surface area contributed by atoms with E-state index < -0.39 is 5.97 Å². The molecule has 3 nitrogen and oxygen atoms in total. The first kappa shape index (κ1) is 13.8. The van der Waals surface area contributed by atoms with Crippen molar-refractivity contribution in [3.8, 4) is 0 Å². The highest BCUT2D eigenvalue weighted by molar-refractivity contribution is 9.10. The lowest BCUT2D eigenvalue weighted by atomic mass is 10.1. The molecule has 1 aromatic carbocycles. The number of benzene rings is 1. The zero-order valence-electron chi connectivity index (χ0n) is 9.82. The van der Waals surface area contributed by atoms with Gasteiger partial charge in [0.1, 0.15) is 0 Å². The lowest BCUT2D eigenvalue weighted by molar-refractivity contribution is 0.0697. The maximum absolute atomic E-state index is 11.1. The molecule has 4 heteroatoms. The molecule has 0 bridgehead atoms. The number of rotatable bonds is 6. The van der Waals surface area contributed by atoms with Gasteiger partial charge in [0, 0.05) is 18.1 Å². The highest BCUT2D eigenvalue weighted by atomic mass is 79.9. The van der Waals surface area contributed by atoms with Crippen molar-refractivity contribution < 1.29 is 9.90 Å². The Morgan fingerprint density at radius 2 is 2.29 bits per heavy atom. The number of carbonyl (C=O) groups is 1. The summed E-state index contributed by atoms with van der Waals surface area (Å²) in [6.07, 6.45) is 3.76. The summed E-state index contributed by atoms with van der Waals surface area (Å²) in [7, 11) is 1.90. The van der Waals surface area contributed by atoms with Crippen molar-refractivity contribution in [3.05, 3.63) is 40.9 Å². The van der Waals surface area contributed by atoms with Crippen LogP contribution in [-0.2, 0) is 0 Å². The second-order valence-corrected chi connectivity index (χ2v) is 4.73. The lowest BCUT2D eigenvalue weighted by Gasteiger charge is -2.21. The number of carboxylic acid groups (broad SMARTS) is 1. The Labute approximate surface area is 110 Å². The van der Waals surface area contributed by atoms with Gasteiger partial charge >= 0.3 is 5.97 Å². The van der Waals surface area contributed by atoms with Crippen LogP contribution in [0.3, 0.4) is 0 Å². The van der Waals surface area contributed by atoms with Crippen LogP contribution in [0.15, 0.2) is 35.3 Å². The van der Waals surface area contributed by atoms with Gasteiger partial charge in [0.05, 0.1) is 11.3 Å². The average molecular weight is 298 g/mol. The number of anilines is 1. The standard InChI is InChI=1S/C13H16BrNO2/c1-3-4-5-8-15(2)12-9-10(14)6-7-11(12)13(16)17/h3,6-7,9H,1,4-5,8H2,2H3,(H,16,17). The number of aromatic carboxylic acids is 1. The van der Waals surface area contributed by atoms with Gasteiger partial charge in [0.2, 0.25) is 0 Å². The molecule has 1 rings (SSSR count). The molecule has 1 N–H and O–H groups in total. The SMILES string of the molecule is C=CCCCN(C)c1cc(Br)ccc1C(=O)O. The van der Waals surface area contributed by atoms with Crippen molar-refractivity contribution in [2.45, 2.75) is 12.8 Å². The molecule has 0 saturated carbocycles. The third-order valence-electron chi connectivity index (χ3n) is 2.50. The Morgan fingerprint density at radius 1 is 1.59 bits per heavy atom. The Bertz CT molecular complexity index is 418. The Morgan fingerprint density at radius 3 is 2.88 bits per heavy atom. The van der Waals surface area contributed by atoms with Crippen molar-refractivity contribution in [2.75, 3.05) is 18.5 Å². The lowest BCUT2D eigenvalue weighted by Crippen LogP contribution is -2.21. The summed E-state index contributed by atoms with van der Waals surface area (Å²) in [6.45, 7) is 4.48. The number of hydrogen-bond donors (Lipinski definition) is 1. The van der Waals surface area contributed by atoms with Crippen LogP contribution in [0.2, 0.25) is 0 Å². The maximum atomic E-state index is 11.1. The molecule has 0 spiro atoms. The number of unbranched alkanes of at least 4 members (excludes halogenated alkanes) is 1. The van der Waals surface area contributed by atoms with E-state index in [-0.39, 0.29) is 0 Å². The van der Waals surface area contributed by atoms with Gasteiger partial charge in [0.15, 0.2) is 0 Å². The summed E-state index contributed by atoms with van der Waals surface area (Å²) < 4.78 is 0.882. The van der Waals surface area contributed by atoms with Gasteiger partial charge in [0.25, 0.3) is 0 Å². The topological polar surface area (TPSA) is 40.5 Å². The van der Waals surface area contributed by atoms with E-state index in [4.69, 9.17) is 5.11 Å². The molecule has 0 aliphatic carbocycles. The molecular weight excluding hydrogens is 282 g/mol. The quantitative estimate of drug-likeness (QED) is 0.645. The van der Waals surface area contributed by atoms with E-state index >= 15 is 0 Å². The van der Waals surface area contributed by atoms with E-state index in [0.717, 1.165) is 29.5 Å². The van der Waals surface area contributed by atoms with Crippen molar-refractivity contribution in [3.63, 3.8) is 0 Å². The molecule has 0 radical (unpaired) electrons. The van der Waals surface area contributed by atoms with E-state index in [9.17, 15) is 4.79 Å². The van der Waals surface area contributed by atoms with Crippen LogP contribution in [0.1, 0.15) is 23.2 Å². The molecule has 1 aromatic rings. The summed E-state index contributed by atoms with van der Waals surface area (Å²) in [5.74, 6) is -0.900. The highest BCUT2D eigenvalue weighted by Gasteiger charge is 2.13. The predicted octanol–water partition coefficient (Wildman–Crippen LogP) is 3.55. The van der Waals surface area contributed by atoms with Gasteiger partial charge in [-0.2, -0.15) is 0 Å². The third-order valence-corrected chi connectivity index (χ3v) is 3.00. The number of hydrogen-bond acceptors (Lipinski definition) is 2. The van der Waals surface area contributed by atoms with Crippen LogP contribution < -0.4 is 4.90 Å². The van der Waals surface area contributed by atoms with Gasteiger partial charge in [-0.1, -0.05) is 22.0 Å². The summed E-state index contributed by atoms with van der Waals surface area (Å²) in [5.41, 5.74) is 1.06. The van der Waals surface area contributed by atoms with Crippen LogP contribution in [0, 0.1) is 0 Å². The molecule has 0 unspecified atom stereocenters. The summed E-state index contributed by atoms with van der Waals surface area (Å²) in [6, 6.07) is 5.19. The number of nitrogens with zero attached hydrogens (tertiary/aromatic N) is 1. The first-order valence-corrected chi connectivity index (χ1v) is 6.20. The molecule has 0 saturated heterocycles. The van der Waals surface area contributed by atoms with E-state index in [1.54, 1.807) is 12.1 Å². The second-order valence-electron chi connectivity index (χ2n) is 3.82. The number of carboxylic acids is 1. The van der Waals surface area contributed by atoms with Crippen LogP contribution in [-0.4, -0.2) is 24.7 Å². The Balaban J connectivity index is 2.89. The molecule has 0 aliphatic heterocycles. The van der Waals surface area contributed by atoms with Gasteiger partial charge in [-0.3, -0.25) is 0 Å². The van der Waals surface area contributed by atoms with E-state index in [1.165, 1.54) is 0 Å². The van der Waals surface area contributed by atoms with Gasteiger partial charge in [-0.25, -0.2) is 4.79 Å². The van der Waals surface area contributed by atoms with Gasteiger partial charge < -0.3 is 10.0 Å². The summed E-state index contributed by atoms with van der Waals surface area (Å²) in [4.78, 5) is 13.1. The number of allylic oxidation sites excluding steroid dienone is 1. The summed E-state index contributed by atoms with van der Waals surface area (Å²) in [5, 5.41) is 9.12. The van der Waals surface area contributed by atoms with Crippen LogP contribution in [0.4, 0.5) is 5.69 Å². The fourth-order valence-electron chi connectivity index (χ4n) is 1.59. The minimum Gasteiger partial charge on any atom is -0.478 e. The van der Waals surface area contributed by atoms with Crippen LogP contribution in [0.5, 0.6) is 0 Å².